The molecule has 1 fully saturated rings. The first-order valence-corrected chi connectivity index (χ1v) is 10.2. The topological polar surface area (TPSA) is 69.5 Å². The molecule has 0 saturated carbocycles. The van der Waals surface area contributed by atoms with Gasteiger partial charge in [0, 0.05) is 31.1 Å². The SMILES string of the molecule is Cc1cn2c(C3=CNNC3)cnc2c(Nc2cc(CN3CCCC3)cs2)n1. The number of hydrogen-bond acceptors (Lipinski definition) is 7. The number of rotatable bonds is 5. The maximum absolute atomic E-state index is 4.70. The molecule has 7 nitrogen and oxygen atoms in total. The van der Waals surface area contributed by atoms with Gasteiger partial charge in [-0.05, 0) is 49.9 Å². The maximum atomic E-state index is 4.70. The monoisotopic (exact) mass is 381 g/mol. The van der Waals surface area contributed by atoms with Crippen molar-refractivity contribution in [1.82, 2.24) is 30.1 Å². The summed E-state index contributed by atoms with van der Waals surface area (Å²) in [5.41, 5.74) is 11.6. The fourth-order valence-corrected chi connectivity index (χ4v) is 4.57. The van der Waals surface area contributed by atoms with E-state index >= 15 is 0 Å². The lowest BCUT2D eigenvalue weighted by molar-refractivity contribution is 0.332. The van der Waals surface area contributed by atoms with Crippen LogP contribution in [0.4, 0.5) is 10.8 Å². The van der Waals surface area contributed by atoms with Crippen LogP contribution in [0.3, 0.4) is 0 Å². The number of nitrogens with one attached hydrogen (secondary N) is 3. The number of likely N-dealkylation sites (tertiary alicyclic amines) is 1. The fraction of sp³-hybridized carbons (Fsp3) is 0.368. The third-order valence-electron chi connectivity index (χ3n) is 5.07. The summed E-state index contributed by atoms with van der Waals surface area (Å²) in [6, 6.07) is 2.24. The van der Waals surface area contributed by atoms with E-state index in [1.165, 1.54) is 37.1 Å². The molecule has 8 heteroatoms. The minimum Gasteiger partial charge on any atom is -0.329 e. The van der Waals surface area contributed by atoms with Gasteiger partial charge in [0.2, 0.25) is 0 Å². The standard InChI is InChI=1S/C19H23N7S/c1-13-10-26-16(15-7-21-22-8-15)9-20-19(26)18(23-13)24-17-6-14(12-27-17)11-25-4-2-3-5-25/h6-7,9-10,12,21-22H,2-5,8,11H2,1H3,(H,23,24). The Hall–Kier alpha value is -2.42. The number of hydrazine groups is 1. The largest absolute Gasteiger partial charge is 0.329 e. The minimum atomic E-state index is 0.780. The molecule has 1 saturated heterocycles. The van der Waals surface area contributed by atoms with Crippen LogP contribution in [0.2, 0.25) is 0 Å². The van der Waals surface area contributed by atoms with Gasteiger partial charge >= 0.3 is 0 Å². The number of aromatic nitrogens is 3. The van der Waals surface area contributed by atoms with Gasteiger partial charge in [0.1, 0.15) is 0 Å². The number of fused-ring (bicyclic) bond motifs is 1. The highest BCUT2D eigenvalue weighted by atomic mass is 32.1. The normalized spacial score (nSPS) is 17.4. The highest BCUT2D eigenvalue weighted by molar-refractivity contribution is 7.14. The molecule has 0 atom stereocenters. The highest BCUT2D eigenvalue weighted by Gasteiger charge is 2.16. The second-order valence-corrected chi connectivity index (χ2v) is 8.07. The molecule has 0 bridgehead atoms. The summed E-state index contributed by atoms with van der Waals surface area (Å²) >= 11 is 1.73. The lowest BCUT2D eigenvalue weighted by Gasteiger charge is -2.12. The molecule has 2 aliphatic rings. The number of aryl methyl sites for hydroxylation is 1. The Morgan fingerprint density at radius 3 is 3.00 bits per heavy atom. The van der Waals surface area contributed by atoms with Crippen LogP contribution in [-0.4, -0.2) is 38.9 Å². The molecule has 3 N–H and O–H groups in total. The first-order valence-electron chi connectivity index (χ1n) is 9.35. The summed E-state index contributed by atoms with van der Waals surface area (Å²) in [6.07, 6.45) is 8.58. The second-order valence-electron chi connectivity index (χ2n) is 7.16. The van der Waals surface area contributed by atoms with Crippen LogP contribution < -0.4 is 16.2 Å². The predicted molar refractivity (Wildman–Crippen MR) is 109 cm³/mol. The van der Waals surface area contributed by atoms with Gasteiger partial charge in [-0.2, -0.15) is 0 Å². The van der Waals surface area contributed by atoms with Crippen molar-refractivity contribution in [1.29, 1.82) is 0 Å². The highest BCUT2D eigenvalue weighted by Crippen LogP contribution is 2.28. The summed E-state index contributed by atoms with van der Waals surface area (Å²) in [5, 5.41) is 6.84. The molecule has 2 aliphatic heterocycles. The van der Waals surface area contributed by atoms with E-state index in [0.717, 1.165) is 40.9 Å². The number of hydrogen-bond donors (Lipinski definition) is 3. The van der Waals surface area contributed by atoms with Crippen LogP contribution >= 0.6 is 11.3 Å². The first-order chi connectivity index (χ1) is 13.3. The van der Waals surface area contributed by atoms with E-state index in [9.17, 15) is 0 Å². The smallest absolute Gasteiger partial charge is 0.180 e. The van der Waals surface area contributed by atoms with Crippen LogP contribution in [0, 0.1) is 6.92 Å². The van der Waals surface area contributed by atoms with Gasteiger partial charge in [-0.25, -0.2) is 15.4 Å². The third kappa shape index (κ3) is 3.31. The summed E-state index contributed by atoms with van der Waals surface area (Å²) in [7, 11) is 0. The fourth-order valence-electron chi connectivity index (χ4n) is 3.77. The molecule has 140 valence electrons. The number of anilines is 2. The number of imidazole rings is 1. The molecule has 0 amide bonds. The van der Waals surface area contributed by atoms with Crippen molar-refractivity contribution in [3.05, 3.63) is 47.0 Å². The van der Waals surface area contributed by atoms with Crippen LogP contribution in [0.1, 0.15) is 29.8 Å². The summed E-state index contributed by atoms with van der Waals surface area (Å²) in [4.78, 5) is 11.8. The Labute approximate surface area is 162 Å². The molecule has 3 aromatic rings. The summed E-state index contributed by atoms with van der Waals surface area (Å²) in [6.45, 7) is 6.27. The van der Waals surface area contributed by atoms with Crippen LogP contribution in [0.5, 0.6) is 0 Å². The van der Waals surface area contributed by atoms with E-state index in [4.69, 9.17) is 4.98 Å². The average molecular weight is 382 g/mol. The molecular formula is C19H23N7S. The van der Waals surface area contributed by atoms with Crippen molar-refractivity contribution in [2.24, 2.45) is 0 Å². The molecule has 0 aliphatic carbocycles. The molecule has 5 rings (SSSR count). The molecular weight excluding hydrogens is 358 g/mol. The Balaban J connectivity index is 1.42. The van der Waals surface area contributed by atoms with Crippen molar-refractivity contribution in [3.8, 4) is 0 Å². The van der Waals surface area contributed by atoms with E-state index < -0.39 is 0 Å². The van der Waals surface area contributed by atoms with Gasteiger partial charge < -0.3 is 10.7 Å². The van der Waals surface area contributed by atoms with Crippen molar-refractivity contribution in [2.45, 2.75) is 26.3 Å². The molecule has 3 aromatic heterocycles. The van der Waals surface area contributed by atoms with E-state index in [-0.39, 0.29) is 0 Å². The Bertz CT molecular complexity index is 997. The zero-order chi connectivity index (χ0) is 18.2. The minimum absolute atomic E-state index is 0.780. The third-order valence-corrected chi connectivity index (χ3v) is 5.96. The van der Waals surface area contributed by atoms with Crippen LogP contribution in [0.15, 0.2) is 30.0 Å². The van der Waals surface area contributed by atoms with Gasteiger partial charge in [0.05, 0.1) is 22.6 Å². The molecule has 0 unspecified atom stereocenters. The zero-order valence-electron chi connectivity index (χ0n) is 15.3. The van der Waals surface area contributed by atoms with Gasteiger partial charge in [0.25, 0.3) is 0 Å². The van der Waals surface area contributed by atoms with Gasteiger partial charge in [-0.3, -0.25) is 9.30 Å². The Morgan fingerprint density at radius 1 is 1.30 bits per heavy atom. The van der Waals surface area contributed by atoms with E-state index in [0.29, 0.717) is 0 Å². The molecule has 0 aromatic carbocycles. The lowest BCUT2D eigenvalue weighted by Crippen LogP contribution is -2.20. The zero-order valence-corrected chi connectivity index (χ0v) is 16.1. The molecule has 0 radical (unpaired) electrons. The average Bonchev–Trinajstić information content (AvgIpc) is 3.43. The van der Waals surface area contributed by atoms with Gasteiger partial charge in [0.15, 0.2) is 11.5 Å². The quantitative estimate of drug-likeness (QED) is 0.631. The Morgan fingerprint density at radius 2 is 2.19 bits per heavy atom. The Kier molecular flexibility index (Phi) is 4.31. The van der Waals surface area contributed by atoms with Crippen molar-refractivity contribution < 1.29 is 0 Å². The van der Waals surface area contributed by atoms with Crippen LogP contribution in [-0.2, 0) is 6.54 Å². The van der Waals surface area contributed by atoms with Crippen molar-refractivity contribution in [3.63, 3.8) is 0 Å². The van der Waals surface area contributed by atoms with Gasteiger partial charge in [-0.1, -0.05) is 0 Å². The van der Waals surface area contributed by atoms with E-state index in [1.54, 1.807) is 11.3 Å². The first kappa shape index (κ1) is 16.7. The van der Waals surface area contributed by atoms with E-state index in [2.05, 4.69) is 41.9 Å². The molecule has 5 heterocycles. The summed E-state index contributed by atoms with van der Waals surface area (Å²) < 4.78 is 2.12. The van der Waals surface area contributed by atoms with Crippen molar-refractivity contribution in [2.75, 3.05) is 25.0 Å². The number of thiophene rings is 1. The lowest BCUT2D eigenvalue weighted by atomic mass is 10.2. The second kappa shape index (κ2) is 6.95. The molecule has 0 spiro atoms. The molecule has 27 heavy (non-hydrogen) atoms. The number of nitrogens with zero attached hydrogens (tertiary/aromatic N) is 4. The van der Waals surface area contributed by atoms with E-state index in [1.807, 2.05) is 25.5 Å². The summed E-state index contributed by atoms with van der Waals surface area (Å²) in [5.74, 6) is 0.801. The van der Waals surface area contributed by atoms with Gasteiger partial charge in [-0.15, -0.1) is 11.3 Å². The van der Waals surface area contributed by atoms with Crippen molar-refractivity contribution >= 4 is 33.4 Å². The van der Waals surface area contributed by atoms with Crippen LogP contribution in [0.25, 0.3) is 11.2 Å². The predicted octanol–water partition coefficient (Wildman–Crippen LogP) is 2.89. The maximum Gasteiger partial charge on any atom is 0.180 e.